The number of methoxy groups -OCH3 is 2. The molecule has 1 N–H and O–H groups in total. The summed E-state index contributed by atoms with van der Waals surface area (Å²) in [6.45, 7) is 3.66. The van der Waals surface area contributed by atoms with Gasteiger partial charge in [-0.3, -0.25) is 0 Å². The third-order valence-electron chi connectivity index (χ3n) is 4.06. The predicted octanol–water partition coefficient (Wildman–Crippen LogP) is 3.31. The van der Waals surface area contributed by atoms with Crippen molar-refractivity contribution in [3.05, 3.63) is 23.8 Å². The van der Waals surface area contributed by atoms with Crippen LogP contribution in [0.4, 0.5) is 0 Å². The van der Waals surface area contributed by atoms with Crippen LogP contribution in [0.2, 0.25) is 0 Å². The second-order valence-electron chi connectivity index (χ2n) is 5.46. The van der Waals surface area contributed by atoms with Gasteiger partial charge < -0.3 is 19.5 Å². The van der Waals surface area contributed by atoms with Gasteiger partial charge >= 0.3 is 0 Å². The smallest absolute Gasteiger partial charge is 0.123 e. The topological polar surface area (TPSA) is 39.7 Å². The lowest BCUT2D eigenvalue weighted by molar-refractivity contribution is 0.0424. The molecule has 1 fully saturated rings. The highest BCUT2D eigenvalue weighted by molar-refractivity contribution is 5.42. The van der Waals surface area contributed by atoms with Crippen molar-refractivity contribution in [3.8, 4) is 11.5 Å². The van der Waals surface area contributed by atoms with Gasteiger partial charge in [-0.1, -0.05) is 19.8 Å². The van der Waals surface area contributed by atoms with Crippen molar-refractivity contribution >= 4 is 0 Å². The first-order chi connectivity index (χ1) is 10.3. The van der Waals surface area contributed by atoms with Crippen LogP contribution < -0.4 is 14.8 Å². The van der Waals surface area contributed by atoms with E-state index in [2.05, 4.69) is 12.2 Å². The summed E-state index contributed by atoms with van der Waals surface area (Å²) in [6, 6.07) is 6.03. The largest absolute Gasteiger partial charge is 0.497 e. The molecular formula is C17H27NO3. The Kier molecular flexibility index (Phi) is 6.33. The molecule has 1 aromatic carbocycles. The molecule has 0 heterocycles. The number of hydrogen-bond acceptors (Lipinski definition) is 4. The summed E-state index contributed by atoms with van der Waals surface area (Å²) in [6.07, 6.45) is 5.38. The summed E-state index contributed by atoms with van der Waals surface area (Å²) < 4.78 is 16.9. The average molecular weight is 293 g/mol. The number of nitrogens with one attached hydrogen (secondary N) is 1. The van der Waals surface area contributed by atoms with Gasteiger partial charge in [0.2, 0.25) is 0 Å². The zero-order valence-electron chi connectivity index (χ0n) is 13.4. The fraction of sp³-hybridized carbons (Fsp3) is 0.647. The number of likely N-dealkylation sites (N-methyl/N-ethyl adjacent to an activating group) is 1. The molecule has 1 aliphatic rings. The molecule has 4 heteroatoms. The Bertz CT molecular complexity index is 430. The summed E-state index contributed by atoms with van der Waals surface area (Å²) in [5.41, 5.74) is 1.09. The highest BCUT2D eigenvalue weighted by Crippen LogP contribution is 2.30. The molecule has 0 saturated heterocycles. The molecule has 118 valence electrons. The van der Waals surface area contributed by atoms with Crippen molar-refractivity contribution < 1.29 is 14.2 Å². The molecule has 0 bridgehead atoms. The summed E-state index contributed by atoms with van der Waals surface area (Å²) in [4.78, 5) is 0. The van der Waals surface area contributed by atoms with E-state index >= 15 is 0 Å². The Balaban J connectivity index is 2.11. The van der Waals surface area contributed by atoms with Crippen LogP contribution >= 0.6 is 0 Å². The molecule has 4 nitrogen and oxygen atoms in total. The van der Waals surface area contributed by atoms with Gasteiger partial charge in [-0.05, 0) is 37.6 Å². The molecule has 1 aromatic rings. The van der Waals surface area contributed by atoms with Crippen molar-refractivity contribution in [1.82, 2.24) is 5.32 Å². The van der Waals surface area contributed by atoms with Crippen LogP contribution in [0.1, 0.15) is 44.2 Å². The molecule has 1 atom stereocenters. The molecule has 0 amide bonds. The van der Waals surface area contributed by atoms with E-state index in [1.54, 1.807) is 14.2 Å². The molecule has 0 aliphatic heterocycles. The normalized spacial score (nSPS) is 16.9. The Morgan fingerprint density at radius 2 is 1.95 bits per heavy atom. The van der Waals surface area contributed by atoms with Crippen LogP contribution in [0.25, 0.3) is 0 Å². The Hall–Kier alpha value is -1.26. The minimum atomic E-state index is 0.126. The first-order valence-electron chi connectivity index (χ1n) is 7.85. The number of ether oxygens (including phenoxy) is 3. The quantitative estimate of drug-likeness (QED) is 0.798. The average Bonchev–Trinajstić information content (AvgIpc) is 3.04. The minimum Gasteiger partial charge on any atom is -0.497 e. The Morgan fingerprint density at radius 1 is 1.19 bits per heavy atom. The number of benzene rings is 1. The minimum absolute atomic E-state index is 0.126. The van der Waals surface area contributed by atoms with Gasteiger partial charge in [0.15, 0.2) is 0 Å². The molecule has 1 saturated carbocycles. The van der Waals surface area contributed by atoms with Gasteiger partial charge in [-0.25, -0.2) is 0 Å². The maximum atomic E-state index is 6.09. The first kappa shape index (κ1) is 16.1. The molecule has 0 radical (unpaired) electrons. The SMILES string of the molecule is CCNC(COC1CCCC1)c1cc(OC)ccc1OC. The molecular weight excluding hydrogens is 266 g/mol. The molecule has 0 spiro atoms. The Labute approximate surface area is 127 Å². The fourth-order valence-electron chi connectivity index (χ4n) is 2.90. The van der Waals surface area contributed by atoms with Gasteiger partial charge in [0.05, 0.1) is 33.0 Å². The molecule has 2 rings (SSSR count). The summed E-state index contributed by atoms with van der Waals surface area (Å²) in [5, 5.41) is 3.49. The number of rotatable bonds is 8. The number of hydrogen-bond donors (Lipinski definition) is 1. The lowest BCUT2D eigenvalue weighted by atomic mass is 10.1. The van der Waals surface area contributed by atoms with Crippen molar-refractivity contribution in [2.75, 3.05) is 27.4 Å². The van der Waals surface area contributed by atoms with Crippen LogP contribution in [0.5, 0.6) is 11.5 Å². The summed E-state index contributed by atoms with van der Waals surface area (Å²) in [7, 11) is 3.38. The van der Waals surface area contributed by atoms with E-state index in [0.717, 1.165) is 23.6 Å². The van der Waals surface area contributed by atoms with E-state index in [1.807, 2.05) is 18.2 Å². The lowest BCUT2D eigenvalue weighted by Crippen LogP contribution is -2.27. The van der Waals surface area contributed by atoms with E-state index < -0.39 is 0 Å². The van der Waals surface area contributed by atoms with E-state index in [1.165, 1.54) is 25.7 Å². The summed E-state index contributed by atoms with van der Waals surface area (Å²) in [5.74, 6) is 1.71. The van der Waals surface area contributed by atoms with E-state index in [-0.39, 0.29) is 6.04 Å². The second kappa shape index (κ2) is 8.25. The van der Waals surface area contributed by atoms with Crippen molar-refractivity contribution in [1.29, 1.82) is 0 Å². The monoisotopic (exact) mass is 293 g/mol. The van der Waals surface area contributed by atoms with Crippen LogP contribution in [-0.4, -0.2) is 33.5 Å². The van der Waals surface area contributed by atoms with Gasteiger partial charge in [0, 0.05) is 5.56 Å². The zero-order valence-corrected chi connectivity index (χ0v) is 13.4. The van der Waals surface area contributed by atoms with Crippen LogP contribution in [0.3, 0.4) is 0 Å². The van der Waals surface area contributed by atoms with E-state index in [4.69, 9.17) is 14.2 Å². The maximum Gasteiger partial charge on any atom is 0.123 e. The molecule has 1 aliphatic carbocycles. The molecule has 0 aromatic heterocycles. The molecule has 1 unspecified atom stereocenters. The van der Waals surface area contributed by atoms with Crippen LogP contribution in [0.15, 0.2) is 18.2 Å². The third-order valence-corrected chi connectivity index (χ3v) is 4.06. The van der Waals surface area contributed by atoms with Gasteiger partial charge in [-0.15, -0.1) is 0 Å². The predicted molar refractivity (Wildman–Crippen MR) is 84.2 cm³/mol. The van der Waals surface area contributed by atoms with Crippen LogP contribution in [-0.2, 0) is 4.74 Å². The first-order valence-corrected chi connectivity index (χ1v) is 7.85. The van der Waals surface area contributed by atoms with Crippen LogP contribution in [0, 0.1) is 0 Å². The zero-order chi connectivity index (χ0) is 15.1. The fourth-order valence-corrected chi connectivity index (χ4v) is 2.90. The van der Waals surface area contributed by atoms with Gasteiger partial charge in [-0.2, -0.15) is 0 Å². The van der Waals surface area contributed by atoms with E-state index in [0.29, 0.717) is 12.7 Å². The third kappa shape index (κ3) is 4.35. The van der Waals surface area contributed by atoms with Gasteiger partial charge in [0.1, 0.15) is 11.5 Å². The van der Waals surface area contributed by atoms with Crippen molar-refractivity contribution in [2.45, 2.75) is 44.8 Å². The van der Waals surface area contributed by atoms with Crippen molar-refractivity contribution in [3.63, 3.8) is 0 Å². The maximum absolute atomic E-state index is 6.09. The highest BCUT2D eigenvalue weighted by Gasteiger charge is 2.21. The van der Waals surface area contributed by atoms with E-state index in [9.17, 15) is 0 Å². The highest BCUT2D eigenvalue weighted by atomic mass is 16.5. The summed E-state index contributed by atoms with van der Waals surface area (Å²) >= 11 is 0. The standard InChI is InChI=1S/C17H27NO3/c1-4-18-16(12-21-13-7-5-6-8-13)15-11-14(19-2)9-10-17(15)20-3/h9-11,13,16,18H,4-8,12H2,1-3H3. The van der Waals surface area contributed by atoms with Crippen molar-refractivity contribution in [2.24, 2.45) is 0 Å². The lowest BCUT2D eigenvalue weighted by Gasteiger charge is -2.23. The second-order valence-corrected chi connectivity index (χ2v) is 5.46. The van der Waals surface area contributed by atoms with Gasteiger partial charge in [0.25, 0.3) is 0 Å². The Morgan fingerprint density at radius 3 is 2.57 bits per heavy atom. The molecule has 21 heavy (non-hydrogen) atoms.